The summed E-state index contributed by atoms with van der Waals surface area (Å²) >= 11 is 7.92. The van der Waals surface area contributed by atoms with Gasteiger partial charge in [-0.3, -0.25) is 9.48 Å². The Hall–Kier alpha value is -0.720. The molecule has 1 heterocycles. The summed E-state index contributed by atoms with van der Waals surface area (Å²) in [6.07, 6.45) is 0.598. The van der Waals surface area contributed by atoms with Gasteiger partial charge in [0.1, 0.15) is 6.04 Å². The molecule has 0 aliphatic heterocycles. The number of nitrogens with zero attached hydrogens (tertiary/aromatic N) is 2. The maximum atomic E-state index is 11.4. The minimum atomic E-state index is -0.546. The summed E-state index contributed by atoms with van der Waals surface area (Å²) in [7, 11) is 0. The second kappa shape index (κ2) is 8.54. The van der Waals surface area contributed by atoms with Crippen LogP contribution in [0.15, 0.2) is 0 Å². The van der Waals surface area contributed by atoms with E-state index in [2.05, 4.69) is 5.10 Å². The molecule has 0 saturated heterocycles. The van der Waals surface area contributed by atoms with Gasteiger partial charge in [-0.15, -0.1) is 0 Å². The summed E-state index contributed by atoms with van der Waals surface area (Å²) in [6, 6.07) is -0.546. The van der Waals surface area contributed by atoms with Gasteiger partial charge in [-0.1, -0.05) is 11.6 Å². The van der Waals surface area contributed by atoms with Crippen LogP contribution in [0.5, 0.6) is 0 Å². The van der Waals surface area contributed by atoms with Gasteiger partial charge in [0.25, 0.3) is 0 Å². The van der Waals surface area contributed by atoms with E-state index in [0.29, 0.717) is 13.0 Å². The van der Waals surface area contributed by atoms with Crippen molar-refractivity contribution in [3.05, 3.63) is 16.4 Å². The number of ether oxygens (including phenoxy) is 1. The van der Waals surface area contributed by atoms with E-state index in [1.807, 2.05) is 18.5 Å². The monoisotopic (exact) mass is 319 g/mol. The fourth-order valence-corrected chi connectivity index (χ4v) is 3.09. The molecule has 1 aromatic heterocycles. The predicted molar refractivity (Wildman–Crippen MR) is 83.0 cm³/mol. The van der Waals surface area contributed by atoms with Crippen LogP contribution in [0.25, 0.3) is 0 Å². The molecule has 0 radical (unpaired) electrons. The van der Waals surface area contributed by atoms with Crippen LogP contribution >= 0.6 is 23.4 Å². The van der Waals surface area contributed by atoms with E-state index >= 15 is 0 Å². The molecule has 2 N–H and O–H groups in total. The van der Waals surface area contributed by atoms with Crippen LogP contribution in [0.4, 0.5) is 0 Å². The Morgan fingerprint density at radius 1 is 1.55 bits per heavy atom. The predicted octanol–water partition coefficient (Wildman–Crippen LogP) is 2.38. The molecule has 0 spiro atoms. The first-order valence-electron chi connectivity index (χ1n) is 6.72. The van der Waals surface area contributed by atoms with Gasteiger partial charge in [-0.2, -0.15) is 16.9 Å². The standard InChI is InChI=1S/C13H22ClN3O2S/c1-4-17-11(12(14)9(3)16-17)8-20-7-6-10(15)13(18)19-5-2/h10H,4-8,15H2,1-3H3. The number of aryl methyl sites for hydroxylation is 2. The number of esters is 1. The van der Waals surface area contributed by atoms with Gasteiger partial charge >= 0.3 is 5.97 Å². The topological polar surface area (TPSA) is 70.1 Å². The molecule has 0 aliphatic rings. The fraction of sp³-hybridized carbons (Fsp3) is 0.692. The second-order valence-corrected chi connectivity index (χ2v) is 5.84. The minimum Gasteiger partial charge on any atom is -0.465 e. The molecule has 0 bridgehead atoms. The first kappa shape index (κ1) is 17.3. The van der Waals surface area contributed by atoms with Crippen LogP contribution in [-0.2, 0) is 21.8 Å². The van der Waals surface area contributed by atoms with Gasteiger partial charge in [0, 0.05) is 12.3 Å². The van der Waals surface area contributed by atoms with Crippen molar-refractivity contribution in [1.82, 2.24) is 9.78 Å². The van der Waals surface area contributed by atoms with Gasteiger partial charge in [0.05, 0.1) is 23.0 Å². The molecular weight excluding hydrogens is 298 g/mol. The largest absolute Gasteiger partial charge is 0.465 e. The first-order valence-corrected chi connectivity index (χ1v) is 8.26. The molecule has 1 rings (SSSR count). The van der Waals surface area contributed by atoms with Gasteiger partial charge < -0.3 is 10.5 Å². The number of halogens is 1. The summed E-state index contributed by atoms with van der Waals surface area (Å²) in [5.41, 5.74) is 7.62. The third-order valence-electron chi connectivity index (χ3n) is 2.85. The molecule has 0 fully saturated rings. The number of carbonyl (C=O) groups excluding carboxylic acids is 1. The normalized spacial score (nSPS) is 12.4. The van der Waals surface area contributed by atoms with E-state index in [1.54, 1.807) is 18.7 Å². The Balaban J connectivity index is 2.40. The molecule has 20 heavy (non-hydrogen) atoms. The zero-order valence-corrected chi connectivity index (χ0v) is 13.8. The van der Waals surface area contributed by atoms with E-state index in [0.717, 1.165) is 34.5 Å². The Bertz CT molecular complexity index is 451. The fourth-order valence-electron chi connectivity index (χ4n) is 1.75. The van der Waals surface area contributed by atoms with Crippen molar-refractivity contribution in [1.29, 1.82) is 0 Å². The van der Waals surface area contributed by atoms with Crippen molar-refractivity contribution in [2.24, 2.45) is 5.73 Å². The molecule has 1 atom stereocenters. The molecular formula is C13H22ClN3O2S. The molecule has 114 valence electrons. The second-order valence-electron chi connectivity index (χ2n) is 4.36. The Labute approximate surface area is 129 Å². The van der Waals surface area contributed by atoms with Crippen LogP contribution in [0.2, 0.25) is 5.02 Å². The molecule has 0 aliphatic carbocycles. The van der Waals surface area contributed by atoms with Gasteiger partial charge in [-0.05, 0) is 32.9 Å². The van der Waals surface area contributed by atoms with E-state index in [1.165, 1.54) is 0 Å². The van der Waals surface area contributed by atoms with E-state index in [9.17, 15) is 4.79 Å². The lowest BCUT2D eigenvalue weighted by molar-refractivity contribution is -0.144. The number of hydrogen-bond acceptors (Lipinski definition) is 5. The Morgan fingerprint density at radius 3 is 2.85 bits per heavy atom. The van der Waals surface area contributed by atoms with Crippen LogP contribution in [0, 0.1) is 6.92 Å². The average molecular weight is 320 g/mol. The minimum absolute atomic E-state index is 0.333. The number of aromatic nitrogens is 2. The van der Waals surface area contributed by atoms with Gasteiger partial charge in [0.15, 0.2) is 0 Å². The average Bonchev–Trinajstić information content (AvgIpc) is 2.70. The number of thioether (sulfide) groups is 1. The lowest BCUT2D eigenvalue weighted by Gasteiger charge is -2.10. The first-order chi connectivity index (χ1) is 9.51. The molecule has 0 aromatic carbocycles. The smallest absolute Gasteiger partial charge is 0.322 e. The molecule has 7 heteroatoms. The van der Waals surface area contributed by atoms with Crippen molar-refractivity contribution in [2.45, 2.75) is 45.5 Å². The lowest BCUT2D eigenvalue weighted by Crippen LogP contribution is -2.32. The van der Waals surface area contributed by atoms with Crippen molar-refractivity contribution in [3.63, 3.8) is 0 Å². The number of carbonyl (C=O) groups is 1. The number of nitrogens with two attached hydrogens (primary N) is 1. The molecule has 0 saturated carbocycles. The zero-order chi connectivity index (χ0) is 15.1. The zero-order valence-electron chi connectivity index (χ0n) is 12.2. The van der Waals surface area contributed by atoms with Crippen LogP contribution in [0.3, 0.4) is 0 Å². The molecule has 1 aromatic rings. The van der Waals surface area contributed by atoms with E-state index < -0.39 is 6.04 Å². The van der Waals surface area contributed by atoms with E-state index in [-0.39, 0.29) is 5.97 Å². The van der Waals surface area contributed by atoms with Crippen molar-refractivity contribution in [2.75, 3.05) is 12.4 Å². The van der Waals surface area contributed by atoms with Crippen molar-refractivity contribution < 1.29 is 9.53 Å². The van der Waals surface area contributed by atoms with Crippen molar-refractivity contribution in [3.8, 4) is 0 Å². The van der Waals surface area contributed by atoms with Crippen LogP contribution in [0.1, 0.15) is 31.7 Å². The van der Waals surface area contributed by atoms with Gasteiger partial charge in [0.2, 0.25) is 0 Å². The maximum absolute atomic E-state index is 11.4. The molecule has 0 amide bonds. The van der Waals surface area contributed by atoms with Gasteiger partial charge in [-0.25, -0.2) is 0 Å². The third kappa shape index (κ3) is 4.68. The highest BCUT2D eigenvalue weighted by molar-refractivity contribution is 7.98. The number of hydrogen-bond donors (Lipinski definition) is 1. The van der Waals surface area contributed by atoms with E-state index in [4.69, 9.17) is 22.1 Å². The summed E-state index contributed by atoms with van der Waals surface area (Å²) in [5.74, 6) is 1.22. The Kier molecular flexibility index (Phi) is 7.40. The summed E-state index contributed by atoms with van der Waals surface area (Å²) in [4.78, 5) is 11.4. The lowest BCUT2D eigenvalue weighted by atomic mass is 10.2. The van der Waals surface area contributed by atoms with Crippen LogP contribution in [-0.4, -0.2) is 34.2 Å². The highest BCUT2D eigenvalue weighted by Gasteiger charge is 2.15. The quantitative estimate of drug-likeness (QED) is 0.588. The number of rotatable bonds is 8. The molecule has 1 unspecified atom stereocenters. The summed E-state index contributed by atoms with van der Waals surface area (Å²) in [5, 5.41) is 5.10. The van der Waals surface area contributed by atoms with Crippen molar-refractivity contribution >= 4 is 29.3 Å². The highest BCUT2D eigenvalue weighted by atomic mass is 35.5. The molecule has 5 nitrogen and oxygen atoms in total. The third-order valence-corrected chi connectivity index (χ3v) is 4.35. The van der Waals surface area contributed by atoms with Crippen LogP contribution < -0.4 is 5.73 Å². The summed E-state index contributed by atoms with van der Waals surface area (Å²) < 4.78 is 6.78. The maximum Gasteiger partial charge on any atom is 0.322 e. The summed E-state index contributed by atoms with van der Waals surface area (Å²) in [6.45, 7) is 6.87. The Morgan fingerprint density at radius 2 is 2.25 bits per heavy atom. The highest BCUT2D eigenvalue weighted by Crippen LogP contribution is 2.24. The SMILES string of the molecule is CCOC(=O)C(N)CCSCc1c(Cl)c(C)nn1CC.